The average Bonchev–Trinajstić information content (AvgIpc) is 2.63. The van der Waals surface area contributed by atoms with Gasteiger partial charge in [-0.3, -0.25) is 9.59 Å². The van der Waals surface area contributed by atoms with Crippen LogP contribution in [0.25, 0.3) is 0 Å². The number of benzene rings is 2. The molecule has 0 aliphatic heterocycles. The largest absolute Gasteiger partial charge is 0.355 e. The van der Waals surface area contributed by atoms with Gasteiger partial charge in [0.25, 0.3) is 21.8 Å². The SMILES string of the molecule is CC.CNC(=O)c1ccc(S(=O)(=O)NC(=O)c2ccccc2)cc1. The van der Waals surface area contributed by atoms with Crippen LogP contribution in [0, 0.1) is 0 Å². The molecule has 7 heteroatoms. The summed E-state index contributed by atoms with van der Waals surface area (Å²) in [5, 5.41) is 2.44. The molecule has 0 aliphatic rings. The zero-order valence-corrected chi connectivity index (χ0v) is 14.6. The summed E-state index contributed by atoms with van der Waals surface area (Å²) >= 11 is 0. The molecule has 6 nitrogen and oxygen atoms in total. The lowest BCUT2D eigenvalue weighted by Crippen LogP contribution is -2.30. The van der Waals surface area contributed by atoms with Gasteiger partial charge in [0.1, 0.15) is 0 Å². The quantitative estimate of drug-likeness (QED) is 0.886. The maximum absolute atomic E-state index is 12.1. The lowest BCUT2D eigenvalue weighted by atomic mass is 10.2. The second-order valence-corrected chi connectivity index (χ2v) is 6.09. The maximum Gasteiger partial charge on any atom is 0.264 e. The molecule has 0 fully saturated rings. The molecule has 2 aromatic carbocycles. The predicted molar refractivity (Wildman–Crippen MR) is 92.3 cm³/mol. The first-order valence-electron chi connectivity index (χ1n) is 7.38. The molecule has 2 N–H and O–H groups in total. The minimum absolute atomic E-state index is 0.0931. The number of carbonyl (C=O) groups excluding carboxylic acids is 2. The predicted octanol–water partition coefficient (Wildman–Crippen LogP) is 2.19. The van der Waals surface area contributed by atoms with Gasteiger partial charge >= 0.3 is 0 Å². The molecule has 0 aromatic heterocycles. The molecule has 2 aromatic rings. The van der Waals surface area contributed by atoms with Crippen molar-refractivity contribution in [3.8, 4) is 0 Å². The van der Waals surface area contributed by atoms with Crippen molar-refractivity contribution in [2.45, 2.75) is 18.7 Å². The molecule has 0 heterocycles. The van der Waals surface area contributed by atoms with Gasteiger partial charge in [-0.2, -0.15) is 0 Å². The topological polar surface area (TPSA) is 92.3 Å². The fourth-order valence-electron chi connectivity index (χ4n) is 1.76. The van der Waals surface area contributed by atoms with Crippen molar-refractivity contribution < 1.29 is 18.0 Å². The number of amides is 2. The summed E-state index contributed by atoms with van der Waals surface area (Å²) in [6, 6.07) is 13.3. The minimum Gasteiger partial charge on any atom is -0.355 e. The number of rotatable bonds is 4. The molecule has 0 unspecified atom stereocenters. The molecule has 0 bridgehead atoms. The Hall–Kier alpha value is -2.67. The minimum atomic E-state index is -3.99. The van der Waals surface area contributed by atoms with Crippen LogP contribution in [0.2, 0.25) is 0 Å². The van der Waals surface area contributed by atoms with Gasteiger partial charge in [0, 0.05) is 18.2 Å². The number of sulfonamides is 1. The van der Waals surface area contributed by atoms with E-state index < -0.39 is 15.9 Å². The standard InChI is InChI=1S/C15H14N2O4S.C2H6/c1-16-14(18)12-7-9-13(10-8-12)22(20,21)17-15(19)11-5-3-2-4-6-11;1-2/h2-10H,1H3,(H,16,18)(H,17,19);1-2H3. The van der Waals surface area contributed by atoms with Gasteiger partial charge in [0.15, 0.2) is 0 Å². The van der Waals surface area contributed by atoms with E-state index in [9.17, 15) is 18.0 Å². The summed E-state index contributed by atoms with van der Waals surface area (Å²) in [7, 11) is -2.51. The molecule has 0 spiro atoms. The third kappa shape index (κ3) is 4.92. The van der Waals surface area contributed by atoms with Crippen LogP contribution in [0.5, 0.6) is 0 Å². The van der Waals surface area contributed by atoms with Crippen molar-refractivity contribution in [1.82, 2.24) is 10.0 Å². The maximum atomic E-state index is 12.1. The highest BCUT2D eigenvalue weighted by Crippen LogP contribution is 2.11. The van der Waals surface area contributed by atoms with Gasteiger partial charge in [-0.25, -0.2) is 13.1 Å². The third-order valence-corrected chi connectivity index (χ3v) is 4.26. The summed E-state index contributed by atoms with van der Waals surface area (Å²) in [4.78, 5) is 23.2. The molecule has 24 heavy (non-hydrogen) atoms. The smallest absolute Gasteiger partial charge is 0.264 e. The Bertz CT molecular complexity index is 785. The summed E-state index contributed by atoms with van der Waals surface area (Å²) in [5.41, 5.74) is 0.573. The second-order valence-electron chi connectivity index (χ2n) is 4.40. The molecule has 2 rings (SSSR count). The number of hydrogen-bond donors (Lipinski definition) is 2. The van der Waals surface area contributed by atoms with E-state index in [0.717, 1.165) is 0 Å². The summed E-state index contributed by atoms with van der Waals surface area (Å²) in [5.74, 6) is -1.03. The summed E-state index contributed by atoms with van der Waals surface area (Å²) < 4.78 is 26.3. The van der Waals surface area contributed by atoms with E-state index in [0.29, 0.717) is 5.56 Å². The molecule has 128 valence electrons. The van der Waals surface area contributed by atoms with Crippen molar-refractivity contribution in [2.75, 3.05) is 7.05 Å². The number of hydrogen-bond acceptors (Lipinski definition) is 4. The molecular formula is C17H20N2O4S. The van der Waals surface area contributed by atoms with Crippen molar-refractivity contribution in [2.24, 2.45) is 0 Å². The van der Waals surface area contributed by atoms with E-state index in [1.807, 2.05) is 18.6 Å². The van der Waals surface area contributed by atoms with Crippen LogP contribution in [0.15, 0.2) is 59.5 Å². The monoisotopic (exact) mass is 348 g/mol. The van der Waals surface area contributed by atoms with Gasteiger partial charge < -0.3 is 5.32 Å². The Morgan fingerprint density at radius 1 is 0.792 bits per heavy atom. The normalized spacial score (nSPS) is 10.1. The van der Waals surface area contributed by atoms with Gasteiger partial charge in [0.05, 0.1) is 4.90 Å². The highest BCUT2D eigenvalue weighted by Gasteiger charge is 2.18. The number of nitrogens with one attached hydrogen (secondary N) is 2. The van der Waals surface area contributed by atoms with Crippen LogP contribution >= 0.6 is 0 Å². The van der Waals surface area contributed by atoms with Crippen molar-refractivity contribution in [3.05, 3.63) is 65.7 Å². The zero-order valence-electron chi connectivity index (χ0n) is 13.7. The first-order valence-corrected chi connectivity index (χ1v) is 8.87. The van der Waals surface area contributed by atoms with E-state index in [1.54, 1.807) is 18.2 Å². The third-order valence-electron chi connectivity index (χ3n) is 2.92. The first kappa shape index (κ1) is 19.4. The Morgan fingerprint density at radius 2 is 1.29 bits per heavy atom. The average molecular weight is 348 g/mol. The highest BCUT2D eigenvalue weighted by molar-refractivity contribution is 7.90. The van der Waals surface area contributed by atoms with E-state index >= 15 is 0 Å². The fraction of sp³-hybridized carbons (Fsp3) is 0.176. The molecule has 0 atom stereocenters. The van der Waals surface area contributed by atoms with Crippen molar-refractivity contribution in [3.63, 3.8) is 0 Å². The van der Waals surface area contributed by atoms with Gasteiger partial charge in [-0.15, -0.1) is 0 Å². The van der Waals surface area contributed by atoms with Gasteiger partial charge in [-0.05, 0) is 36.4 Å². The van der Waals surface area contributed by atoms with E-state index in [-0.39, 0.29) is 16.4 Å². The molecule has 0 saturated heterocycles. The lowest BCUT2D eigenvalue weighted by molar-refractivity contribution is 0.0959. The van der Waals surface area contributed by atoms with Crippen LogP contribution in [-0.4, -0.2) is 27.3 Å². The Morgan fingerprint density at radius 3 is 1.79 bits per heavy atom. The van der Waals surface area contributed by atoms with Crippen LogP contribution in [0.4, 0.5) is 0 Å². The summed E-state index contributed by atoms with van der Waals surface area (Å²) in [6.45, 7) is 4.00. The number of carbonyl (C=O) groups is 2. The molecule has 0 radical (unpaired) electrons. The Kier molecular flexibility index (Phi) is 7.13. The Balaban J connectivity index is 0.00000139. The molecule has 0 aliphatic carbocycles. The lowest BCUT2D eigenvalue weighted by Gasteiger charge is -2.07. The first-order chi connectivity index (χ1) is 11.4. The van der Waals surface area contributed by atoms with Crippen LogP contribution in [0.1, 0.15) is 34.6 Å². The molecular weight excluding hydrogens is 328 g/mol. The van der Waals surface area contributed by atoms with E-state index in [1.165, 1.54) is 43.4 Å². The van der Waals surface area contributed by atoms with Crippen LogP contribution in [-0.2, 0) is 10.0 Å². The van der Waals surface area contributed by atoms with Crippen LogP contribution in [0.3, 0.4) is 0 Å². The fourth-order valence-corrected chi connectivity index (χ4v) is 2.73. The van der Waals surface area contributed by atoms with Crippen LogP contribution < -0.4 is 10.0 Å². The zero-order chi connectivity index (χ0) is 18.2. The van der Waals surface area contributed by atoms with Crippen molar-refractivity contribution in [1.29, 1.82) is 0 Å². The van der Waals surface area contributed by atoms with Gasteiger partial charge in [0.2, 0.25) is 0 Å². The highest BCUT2D eigenvalue weighted by atomic mass is 32.2. The molecule has 0 saturated carbocycles. The van der Waals surface area contributed by atoms with Gasteiger partial charge in [-0.1, -0.05) is 32.0 Å². The van der Waals surface area contributed by atoms with E-state index in [2.05, 4.69) is 5.32 Å². The van der Waals surface area contributed by atoms with E-state index in [4.69, 9.17) is 0 Å². The Labute approximate surface area is 142 Å². The summed E-state index contributed by atoms with van der Waals surface area (Å²) in [6.07, 6.45) is 0. The molecule has 2 amide bonds. The second kappa shape index (κ2) is 8.83. The van der Waals surface area contributed by atoms with Crippen molar-refractivity contribution >= 4 is 21.8 Å².